The molecular formula is C10H18N4O. The third kappa shape index (κ3) is 3.36. The lowest BCUT2D eigenvalue weighted by Gasteiger charge is -2.10. The van der Waals surface area contributed by atoms with Crippen LogP contribution in [0.3, 0.4) is 0 Å². The third-order valence-electron chi connectivity index (χ3n) is 2.26. The molecule has 1 aromatic rings. The number of likely N-dealkylation sites (N-methyl/N-ethyl adjacent to an activating group) is 1. The molecule has 2 N–H and O–H groups in total. The molecule has 15 heavy (non-hydrogen) atoms. The van der Waals surface area contributed by atoms with Crippen molar-refractivity contribution < 1.29 is 4.79 Å². The molecule has 5 nitrogen and oxygen atoms in total. The van der Waals surface area contributed by atoms with E-state index in [0.29, 0.717) is 6.54 Å². The highest BCUT2D eigenvalue weighted by molar-refractivity contribution is 5.80. The molecule has 0 bridgehead atoms. The van der Waals surface area contributed by atoms with Crippen LogP contribution in [-0.2, 0) is 17.9 Å². The van der Waals surface area contributed by atoms with Gasteiger partial charge in [0.25, 0.3) is 0 Å². The first kappa shape index (κ1) is 11.7. The summed E-state index contributed by atoms with van der Waals surface area (Å²) in [4.78, 5) is 11.2. The van der Waals surface area contributed by atoms with Crippen LogP contribution in [0.2, 0.25) is 0 Å². The van der Waals surface area contributed by atoms with Gasteiger partial charge in [-0.05, 0) is 13.8 Å². The van der Waals surface area contributed by atoms with E-state index in [4.69, 9.17) is 0 Å². The summed E-state index contributed by atoms with van der Waals surface area (Å²) in [5.41, 5.74) is 1.09. The summed E-state index contributed by atoms with van der Waals surface area (Å²) in [5, 5.41) is 9.87. The minimum Gasteiger partial charge on any atom is -0.358 e. The maximum absolute atomic E-state index is 11.2. The number of aromatic nitrogens is 2. The normalized spacial score (nSPS) is 12.5. The number of nitrogens with zero attached hydrogens (tertiary/aromatic N) is 2. The van der Waals surface area contributed by atoms with Gasteiger partial charge in [0.15, 0.2) is 0 Å². The predicted molar refractivity (Wildman–Crippen MR) is 58.3 cm³/mol. The van der Waals surface area contributed by atoms with Crippen molar-refractivity contribution in [1.29, 1.82) is 0 Å². The van der Waals surface area contributed by atoms with Crippen LogP contribution in [0, 0.1) is 0 Å². The second-order valence-corrected chi connectivity index (χ2v) is 3.42. The van der Waals surface area contributed by atoms with E-state index < -0.39 is 0 Å². The van der Waals surface area contributed by atoms with Crippen LogP contribution in [-0.4, -0.2) is 28.8 Å². The Bertz CT molecular complexity index is 321. The van der Waals surface area contributed by atoms with Gasteiger partial charge in [0.1, 0.15) is 0 Å². The van der Waals surface area contributed by atoms with E-state index in [1.807, 2.05) is 30.9 Å². The molecule has 1 atom stereocenters. The van der Waals surface area contributed by atoms with Gasteiger partial charge in [-0.2, -0.15) is 5.10 Å². The maximum Gasteiger partial charge on any atom is 0.236 e. The Labute approximate surface area is 89.9 Å². The lowest BCUT2D eigenvalue weighted by molar-refractivity contribution is -0.122. The first-order valence-corrected chi connectivity index (χ1v) is 5.13. The number of nitrogens with one attached hydrogen (secondary N) is 2. The lowest BCUT2D eigenvalue weighted by atomic mass is 10.3. The first-order chi connectivity index (χ1) is 7.17. The van der Waals surface area contributed by atoms with Gasteiger partial charge < -0.3 is 10.6 Å². The molecule has 84 valence electrons. The molecule has 1 rings (SSSR count). The highest BCUT2D eigenvalue weighted by atomic mass is 16.2. The second-order valence-electron chi connectivity index (χ2n) is 3.42. The largest absolute Gasteiger partial charge is 0.358 e. The highest BCUT2D eigenvalue weighted by Gasteiger charge is 2.09. The van der Waals surface area contributed by atoms with Crippen molar-refractivity contribution >= 4 is 5.91 Å². The van der Waals surface area contributed by atoms with Crippen molar-refractivity contribution in [2.45, 2.75) is 33.0 Å². The SMILES string of the molecule is CCn1cc(CNC(C)C(=O)NC)cn1. The second kappa shape index (κ2) is 5.50. The van der Waals surface area contributed by atoms with E-state index >= 15 is 0 Å². The van der Waals surface area contributed by atoms with Gasteiger partial charge in [-0.15, -0.1) is 0 Å². The summed E-state index contributed by atoms with van der Waals surface area (Å²) >= 11 is 0. The molecule has 0 aromatic carbocycles. The maximum atomic E-state index is 11.2. The molecule has 0 radical (unpaired) electrons. The summed E-state index contributed by atoms with van der Waals surface area (Å²) in [7, 11) is 1.63. The van der Waals surface area contributed by atoms with Gasteiger partial charge in [-0.25, -0.2) is 0 Å². The molecule has 0 aliphatic heterocycles. The van der Waals surface area contributed by atoms with Gasteiger partial charge in [-0.1, -0.05) is 0 Å². The zero-order chi connectivity index (χ0) is 11.3. The molecule has 1 unspecified atom stereocenters. The molecule has 0 fully saturated rings. The molecule has 1 amide bonds. The smallest absolute Gasteiger partial charge is 0.236 e. The number of hydrogen-bond donors (Lipinski definition) is 2. The van der Waals surface area contributed by atoms with E-state index in [1.54, 1.807) is 7.05 Å². The Morgan fingerprint density at radius 2 is 2.40 bits per heavy atom. The first-order valence-electron chi connectivity index (χ1n) is 5.13. The summed E-state index contributed by atoms with van der Waals surface area (Å²) in [6, 6.07) is -0.181. The minimum absolute atomic E-state index is 0.00196. The molecule has 0 aliphatic rings. The fourth-order valence-corrected chi connectivity index (χ4v) is 1.25. The average molecular weight is 210 g/mol. The quantitative estimate of drug-likeness (QED) is 0.726. The number of amides is 1. The Hall–Kier alpha value is -1.36. The Balaban J connectivity index is 2.39. The zero-order valence-corrected chi connectivity index (χ0v) is 9.45. The molecule has 0 saturated heterocycles. The van der Waals surface area contributed by atoms with Gasteiger partial charge >= 0.3 is 0 Å². The average Bonchev–Trinajstić information content (AvgIpc) is 2.72. The van der Waals surface area contributed by atoms with Crippen LogP contribution in [0.15, 0.2) is 12.4 Å². The predicted octanol–water partition coefficient (Wildman–Crippen LogP) is 0.127. The standard InChI is InChI=1S/C10H18N4O/c1-4-14-7-9(6-13-14)5-12-8(2)10(15)11-3/h6-8,12H,4-5H2,1-3H3,(H,11,15). The lowest BCUT2D eigenvalue weighted by Crippen LogP contribution is -2.40. The van der Waals surface area contributed by atoms with Gasteiger partial charge in [0.05, 0.1) is 12.2 Å². The Morgan fingerprint density at radius 1 is 1.67 bits per heavy atom. The zero-order valence-electron chi connectivity index (χ0n) is 9.45. The van der Waals surface area contributed by atoms with Crippen LogP contribution in [0.1, 0.15) is 19.4 Å². The summed E-state index contributed by atoms with van der Waals surface area (Å²) < 4.78 is 1.86. The van der Waals surface area contributed by atoms with Crippen molar-refractivity contribution in [1.82, 2.24) is 20.4 Å². The topological polar surface area (TPSA) is 59.0 Å². The molecule has 1 heterocycles. The summed E-state index contributed by atoms with van der Waals surface area (Å²) in [6.45, 7) is 5.40. The van der Waals surface area contributed by atoms with E-state index in [9.17, 15) is 4.79 Å². The molecule has 0 aliphatic carbocycles. The molecular weight excluding hydrogens is 192 g/mol. The Kier molecular flexibility index (Phi) is 4.30. The van der Waals surface area contributed by atoms with Gasteiger partial charge in [-0.3, -0.25) is 9.48 Å². The Morgan fingerprint density at radius 3 is 2.93 bits per heavy atom. The van der Waals surface area contributed by atoms with Crippen LogP contribution in [0.4, 0.5) is 0 Å². The number of hydrogen-bond acceptors (Lipinski definition) is 3. The van der Waals surface area contributed by atoms with Crippen LogP contribution >= 0.6 is 0 Å². The van der Waals surface area contributed by atoms with Crippen LogP contribution in [0.25, 0.3) is 0 Å². The monoisotopic (exact) mass is 210 g/mol. The van der Waals surface area contributed by atoms with Crippen LogP contribution < -0.4 is 10.6 Å². The van der Waals surface area contributed by atoms with Gasteiger partial charge in [0, 0.05) is 31.9 Å². The van der Waals surface area contributed by atoms with E-state index in [1.165, 1.54) is 0 Å². The summed E-state index contributed by atoms with van der Waals surface area (Å²) in [6.07, 6.45) is 3.79. The number of carbonyl (C=O) groups is 1. The van der Waals surface area contributed by atoms with Crippen molar-refractivity contribution in [2.75, 3.05) is 7.05 Å². The summed E-state index contributed by atoms with van der Waals surface area (Å²) in [5.74, 6) is -0.00196. The van der Waals surface area contributed by atoms with Crippen molar-refractivity contribution in [2.24, 2.45) is 0 Å². The fraction of sp³-hybridized carbons (Fsp3) is 0.600. The van der Waals surface area contributed by atoms with Crippen molar-refractivity contribution in [3.63, 3.8) is 0 Å². The van der Waals surface area contributed by atoms with Crippen LogP contribution in [0.5, 0.6) is 0 Å². The molecule has 5 heteroatoms. The fourth-order valence-electron chi connectivity index (χ4n) is 1.25. The van der Waals surface area contributed by atoms with Crippen molar-refractivity contribution in [3.05, 3.63) is 18.0 Å². The minimum atomic E-state index is -0.181. The van der Waals surface area contributed by atoms with E-state index in [0.717, 1.165) is 12.1 Å². The molecule has 0 spiro atoms. The van der Waals surface area contributed by atoms with Crippen molar-refractivity contribution in [3.8, 4) is 0 Å². The highest BCUT2D eigenvalue weighted by Crippen LogP contribution is 1.97. The number of carbonyl (C=O) groups excluding carboxylic acids is 1. The van der Waals surface area contributed by atoms with E-state index in [-0.39, 0.29) is 11.9 Å². The molecule has 0 saturated carbocycles. The van der Waals surface area contributed by atoms with Gasteiger partial charge in [0.2, 0.25) is 5.91 Å². The van der Waals surface area contributed by atoms with E-state index in [2.05, 4.69) is 15.7 Å². The number of aryl methyl sites for hydroxylation is 1. The third-order valence-corrected chi connectivity index (χ3v) is 2.26. The molecule has 1 aromatic heterocycles. The number of rotatable bonds is 5.